The van der Waals surface area contributed by atoms with Gasteiger partial charge in [-0.15, -0.1) is 0 Å². The van der Waals surface area contributed by atoms with Crippen molar-refractivity contribution in [3.8, 4) is 11.5 Å². The number of carbonyl (C=O) groups excluding carboxylic acids is 2. The van der Waals surface area contributed by atoms with Gasteiger partial charge in [0.05, 0.1) is 17.8 Å². The number of primary amides is 1. The molecule has 2 aromatic rings. The molecule has 10 nitrogen and oxygen atoms in total. The number of nitrogens with zero attached hydrogens (tertiary/aromatic N) is 1. The fourth-order valence-corrected chi connectivity index (χ4v) is 3.74. The zero-order valence-electron chi connectivity index (χ0n) is 15.3. The van der Waals surface area contributed by atoms with Crippen LogP contribution >= 0.6 is 15.9 Å². The summed E-state index contributed by atoms with van der Waals surface area (Å²) in [5.41, 5.74) is 7.89. The van der Waals surface area contributed by atoms with Crippen LogP contribution in [-0.4, -0.2) is 33.7 Å². The number of hydrazone groups is 1. The van der Waals surface area contributed by atoms with Crippen molar-refractivity contribution in [2.45, 2.75) is 11.8 Å². The van der Waals surface area contributed by atoms with Crippen LogP contribution in [0.2, 0.25) is 0 Å². The maximum absolute atomic E-state index is 12.6. The molecule has 4 N–H and O–H groups in total. The second-order valence-corrected chi connectivity index (χ2v) is 7.91. The van der Waals surface area contributed by atoms with Gasteiger partial charge in [-0.25, -0.2) is 10.2 Å². The number of anilines is 1. The summed E-state index contributed by atoms with van der Waals surface area (Å²) in [7, 11) is -2.85. The fourth-order valence-electron chi connectivity index (χ4n) is 2.13. The number of nitrogens with two attached hydrogens (primary N) is 1. The van der Waals surface area contributed by atoms with Crippen molar-refractivity contribution in [2.75, 3.05) is 12.4 Å². The van der Waals surface area contributed by atoms with Crippen LogP contribution in [0, 0.1) is 0 Å². The number of carbonyl (C=O) groups is 2. The Morgan fingerprint density at radius 2 is 1.86 bits per heavy atom. The molecule has 0 saturated carbocycles. The number of halogens is 1. The number of urea groups is 1. The van der Waals surface area contributed by atoms with Crippen LogP contribution in [0.1, 0.15) is 12.5 Å². The number of rotatable bonds is 7. The molecule has 0 aliphatic carbocycles. The Hall–Kier alpha value is -3.12. The van der Waals surface area contributed by atoms with Crippen molar-refractivity contribution < 1.29 is 26.9 Å². The fraction of sp³-hybridized carbons (Fsp3) is 0.118. The molecule has 0 fully saturated rings. The van der Waals surface area contributed by atoms with Crippen molar-refractivity contribution in [2.24, 2.45) is 10.8 Å². The van der Waals surface area contributed by atoms with Gasteiger partial charge in [-0.2, -0.15) is 13.5 Å². The molecule has 0 heterocycles. The van der Waals surface area contributed by atoms with E-state index < -0.39 is 16.1 Å². The van der Waals surface area contributed by atoms with Gasteiger partial charge in [0.25, 0.3) is 0 Å². The van der Waals surface area contributed by atoms with Crippen molar-refractivity contribution in [1.29, 1.82) is 0 Å². The van der Waals surface area contributed by atoms with Gasteiger partial charge in [0.1, 0.15) is 4.90 Å². The number of methoxy groups -OCH3 is 1. The number of amides is 3. The Balaban J connectivity index is 2.30. The molecule has 0 saturated heterocycles. The standard InChI is InChI=1S/C17H17BrN4O6S/c1-10(23)21-12-3-5-13(6-4-12)29(25,26)28-16-14(18)7-11(8-15(16)27-2)9-20-22-17(19)24/h3-9H,1-2H3,(H,21,23)(H3,19,22,24)/b20-9-. The lowest BCUT2D eigenvalue weighted by atomic mass is 10.2. The summed E-state index contributed by atoms with van der Waals surface area (Å²) < 4.78 is 35.9. The molecular weight excluding hydrogens is 468 g/mol. The third-order valence-electron chi connectivity index (χ3n) is 3.30. The number of nitrogens with one attached hydrogen (secondary N) is 2. The lowest BCUT2D eigenvalue weighted by molar-refractivity contribution is -0.114. The van der Waals surface area contributed by atoms with E-state index in [1.165, 1.54) is 56.6 Å². The minimum Gasteiger partial charge on any atom is -0.493 e. The van der Waals surface area contributed by atoms with Gasteiger partial charge >= 0.3 is 16.1 Å². The quantitative estimate of drug-likeness (QED) is 0.311. The maximum Gasteiger partial charge on any atom is 0.339 e. The Morgan fingerprint density at radius 3 is 2.41 bits per heavy atom. The summed E-state index contributed by atoms with van der Waals surface area (Å²) in [6.45, 7) is 1.34. The molecule has 0 unspecified atom stereocenters. The highest BCUT2D eigenvalue weighted by Crippen LogP contribution is 2.38. The van der Waals surface area contributed by atoms with Crippen molar-refractivity contribution in [3.63, 3.8) is 0 Å². The summed E-state index contributed by atoms with van der Waals surface area (Å²) >= 11 is 3.23. The molecule has 0 bridgehead atoms. The monoisotopic (exact) mass is 484 g/mol. The zero-order chi connectivity index (χ0) is 21.6. The van der Waals surface area contributed by atoms with Crippen LogP contribution < -0.4 is 25.4 Å². The van der Waals surface area contributed by atoms with Gasteiger partial charge in [0.2, 0.25) is 5.91 Å². The van der Waals surface area contributed by atoms with Crippen LogP contribution in [0.15, 0.2) is 50.9 Å². The van der Waals surface area contributed by atoms with E-state index >= 15 is 0 Å². The van der Waals surface area contributed by atoms with Gasteiger partial charge < -0.3 is 20.0 Å². The first kappa shape index (κ1) is 22.2. The molecule has 0 radical (unpaired) electrons. The predicted molar refractivity (Wildman–Crippen MR) is 110 cm³/mol. The normalized spacial score (nSPS) is 11.1. The van der Waals surface area contributed by atoms with E-state index in [1.54, 1.807) is 0 Å². The Bertz CT molecular complexity index is 1050. The maximum atomic E-state index is 12.6. The molecule has 0 aliphatic heterocycles. The van der Waals surface area contributed by atoms with Gasteiger partial charge in [-0.1, -0.05) is 0 Å². The van der Waals surface area contributed by atoms with E-state index in [1.807, 2.05) is 5.43 Å². The molecule has 3 amide bonds. The van der Waals surface area contributed by atoms with Crippen LogP contribution in [0.25, 0.3) is 0 Å². The number of hydrogen-bond donors (Lipinski definition) is 3. The van der Waals surface area contributed by atoms with Crippen molar-refractivity contribution in [3.05, 3.63) is 46.4 Å². The first-order valence-corrected chi connectivity index (χ1v) is 10.1. The highest BCUT2D eigenvalue weighted by molar-refractivity contribution is 9.10. The molecule has 29 heavy (non-hydrogen) atoms. The van der Waals surface area contributed by atoms with Gasteiger partial charge in [0, 0.05) is 12.6 Å². The first-order chi connectivity index (χ1) is 13.6. The van der Waals surface area contributed by atoms with E-state index in [-0.39, 0.29) is 26.8 Å². The van der Waals surface area contributed by atoms with Gasteiger partial charge in [0.15, 0.2) is 11.5 Å². The zero-order valence-corrected chi connectivity index (χ0v) is 17.7. The minimum absolute atomic E-state index is 0.0709. The van der Waals surface area contributed by atoms with Crippen molar-refractivity contribution in [1.82, 2.24) is 5.43 Å². The summed E-state index contributed by atoms with van der Waals surface area (Å²) in [5, 5.41) is 6.17. The third kappa shape index (κ3) is 6.19. The largest absolute Gasteiger partial charge is 0.493 e. The van der Waals surface area contributed by atoms with Crippen LogP contribution in [-0.2, 0) is 14.9 Å². The SMILES string of the molecule is COc1cc(/C=N\NC(N)=O)cc(Br)c1OS(=O)(=O)c1ccc(NC(C)=O)cc1. The topological polar surface area (TPSA) is 149 Å². The van der Waals surface area contributed by atoms with Crippen LogP contribution in [0.4, 0.5) is 10.5 Å². The summed E-state index contributed by atoms with van der Waals surface area (Å²) in [5.74, 6) is -0.239. The van der Waals surface area contributed by atoms with E-state index in [0.29, 0.717) is 11.3 Å². The first-order valence-electron chi connectivity index (χ1n) is 7.90. The average Bonchev–Trinajstić information content (AvgIpc) is 2.63. The number of ether oxygens (including phenoxy) is 1. The van der Waals surface area contributed by atoms with E-state index in [2.05, 4.69) is 26.3 Å². The summed E-state index contributed by atoms with van der Waals surface area (Å²) in [4.78, 5) is 21.6. The van der Waals surface area contributed by atoms with Gasteiger partial charge in [-0.05, 0) is 57.9 Å². The molecule has 2 aromatic carbocycles. The number of hydrogen-bond acceptors (Lipinski definition) is 7. The highest BCUT2D eigenvalue weighted by Gasteiger charge is 2.22. The minimum atomic E-state index is -4.18. The molecule has 2 rings (SSSR count). The lowest BCUT2D eigenvalue weighted by Gasteiger charge is -2.13. The molecule has 0 spiro atoms. The van der Waals surface area contributed by atoms with Crippen LogP contribution in [0.5, 0.6) is 11.5 Å². The number of benzene rings is 2. The van der Waals surface area contributed by atoms with E-state index in [0.717, 1.165) is 0 Å². The summed E-state index contributed by atoms with van der Waals surface area (Å²) in [6.07, 6.45) is 1.29. The summed E-state index contributed by atoms with van der Waals surface area (Å²) in [6, 6.07) is 7.63. The van der Waals surface area contributed by atoms with E-state index in [9.17, 15) is 18.0 Å². The molecular formula is C17H17BrN4O6S. The van der Waals surface area contributed by atoms with Crippen molar-refractivity contribution >= 4 is 49.9 Å². The van der Waals surface area contributed by atoms with E-state index in [4.69, 9.17) is 14.7 Å². The molecule has 0 aromatic heterocycles. The predicted octanol–water partition coefficient (Wildman–Crippen LogP) is 2.19. The van der Waals surface area contributed by atoms with Gasteiger partial charge in [-0.3, -0.25) is 4.79 Å². The second-order valence-electron chi connectivity index (χ2n) is 5.51. The molecule has 0 atom stereocenters. The Morgan fingerprint density at radius 1 is 1.21 bits per heavy atom. The Kier molecular flexibility index (Phi) is 7.18. The molecule has 12 heteroatoms. The average molecular weight is 485 g/mol. The Labute approximate surface area is 175 Å². The highest BCUT2D eigenvalue weighted by atomic mass is 79.9. The smallest absolute Gasteiger partial charge is 0.339 e. The third-order valence-corrected chi connectivity index (χ3v) is 5.12. The molecule has 154 valence electrons. The second kappa shape index (κ2) is 9.39. The van der Waals surface area contributed by atoms with Crippen LogP contribution in [0.3, 0.4) is 0 Å². The lowest BCUT2D eigenvalue weighted by Crippen LogP contribution is -2.24. The molecule has 0 aliphatic rings.